The molecule has 3 fully saturated rings. The fourth-order valence-electron chi connectivity index (χ4n) is 4.04. The summed E-state index contributed by atoms with van der Waals surface area (Å²) in [6.07, 6.45) is 6.02. The Morgan fingerprint density at radius 2 is 2.23 bits per heavy atom. The molecule has 0 aromatic carbocycles. The predicted molar refractivity (Wildman–Crippen MR) is 85.9 cm³/mol. The largest absolute Gasteiger partial charge is 0.378 e. The summed E-state index contributed by atoms with van der Waals surface area (Å²) in [6.45, 7) is 4.12. The average Bonchev–Trinajstić information content (AvgIpc) is 3.15. The van der Waals surface area contributed by atoms with Crippen molar-refractivity contribution in [2.24, 2.45) is 5.92 Å². The van der Waals surface area contributed by atoms with Crippen LogP contribution in [0.3, 0.4) is 0 Å². The van der Waals surface area contributed by atoms with E-state index < -0.39 is 0 Å². The fraction of sp³-hybridized carbons (Fsp3) is 0.750. The summed E-state index contributed by atoms with van der Waals surface area (Å²) in [4.78, 5) is 11.2. The lowest BCUT2D eigenvalue weighted by Gasteiger charge is -2.24. The minimum atomic E-state index is 0.296. The molecule has 6 nitrogen and oxygen atoms in total. The molecule has 3 unspecified atom stereocenters. The predicted octanol–water partition coefficient (Wildman–Crippen LogP) is 0.968. The summed E-state index contributed by atoms with van der Waals surface area (Å²) in [7, 11) is 0. The summed E-state index contributed by atoms with van der Waals surface area (Å²) in [5.74, 6) is 2.11. The van der Waals surface area contributed by atoms with E-state index in [1.807, 2.05) is 0 Å². The van der Waals surface area contributed by atoms with Gasteiger partial charge in [0, 0.05) is 38.2 Å². The Kier molecular flexibility index (Phi) is 3.88. The first-order valence-corrected chi connectivity index (χ1v) is 8.51. The van der Waals surface area contributed by atoms with Gasteiger partial charge in [-0.25, -0.2) is 4.98 Å². The number of nitrogens with two attached hydrogens (primary N) is 1. The zero-order chi connectivity index (χ0) is 14.9. The molecule has 3 atom stereocenters. The molecular formula is C16H25N5O. The van der Waals surface area contributed by atoms with Crippen molar-refractivity contribution in [3.05, 3.63) is 11.8 Å². The highest BCUT2D eigenvalue weighted by atomic mass is 16.5. The molecule has 0 amide bonds. The molecule has 3 aliphatic rings. The van der Waals surface area contributed by atoms with E-state index >= 15 is 0 Å². The van der Waals surface area contributed by atoms with Crippen molar-refractivity contribution < 1.29 is 4.74 Å². The lowest BCUT2D eigenvalue weighted by molar-refractivity contribution is 0.110. The van der Waals surface area contributed by atoms with Crippen LogP contribution < -0.4 is 16.0 Å². The van der Waals surface area contributed by atoms with E-state index in [9.17, 15) is 0 Å². The van der Waals surface area contributed by atoms with Gasteiger partial charge in [0.2, 0.25) is 5.95 Å². The summed E-state index contributed by atoms with van der Waals surface area (Å²) < 4.78 is 5.71. The van der Waals surface area contributed by atoms with Crippen LogP contribution >= 0.6 is 0 Å². The summed E-state index contributed by atoms with van der Waals surface area (Å²) in [6, 6.07) is 2.71. The van der Waals surface area contributed by atoms with Crippen LogP contribution in [-0.2, 0) is 11.2 Å². The van der Waals surface area contributed by atoms with E-state index in [0.29, 0.717) is 18.1 Å². The second-order valence-electron chi connectivity index (χ2n) is 6.78. The molecule has 0 bridgehead atoms. The molecule has 0 aliphatic carbocycles. The third-order valence-corrected chi connectivity index (χ3v) is 5.17. The third-order valence-electron chi connectivity index (χ3n) is 5.17. The van der Waals surface area contributed by atoms with Crippen LogP contribution in [0.15, 0.2) is 6.07 Å². The quantitative estimate of drug-likeness (QED) is 0.866. The smallest absolute Gasteiger partial charge is 0.222 e. The molecule has 3 saturated heterocycles. The summed E-state index contributed by atoms with van der Waals surface area (Å²) in [5, 5.41) is 3.63. The molecule has 0 radical (unpaired) electrons. The molecule has 4 rings (SSSR count). The van der Waals surface area contributed by atoms with Crippen molar-refractivity contribution >= 4 is 11.8 Å². The number of nitrogen functional groups attached to an aromatic ring is 1. The number of fused-ring (bicyclic) bond motifs is 1. The first-order chi connectivity index (χ1) is 10.8. The van der Waals surface area contributed by atoms with E-state index in [2.05, 4.69) is 26.3 Å². The van der Waals surface area contributed by atoms with Crippen molar-refractivity contribution in [2.75, 3.05) is 36.9 Å². The highest BCUT2D eigenvalue weighted by Crippen LogP contribution is 2.29. The van der Waals surface area contributed by atoms with Gasteiger partial charge < -0.3 is 20.7 Å². The zero-order valence-corrected chi connectivity index (χ0v) is 13.0. The minimum absolute atomic E-state index is 0.296. The van der Waals surface area contributed by atoms with Gasteiger partial charge in [-0.2, -0.15) is 4.98 Å². The topological polar surface area (TPSA) is 76.3 Å². The van der Waals surface area contributed by atoms with Crippen molar-refractivity contribution in [3.8, 4) is 0 Å². The summed E-state index contributed by atoms with van der Waals surface area (Å²) in [5.41, 5.74) is 6.95. The molecule has 0 saturated carbocycles. The minimum Gasteiger partial charge on any atom is -0.378 e. The van der Waals surface area contributed by atoms with Crippen LogP contribution in [0, 0.1) is 5.92 Å². The molecule has 3 N–H and O–H groups in total. The van der Waals surface area contributed by atoms with Gasteiger partial charge in [0.1, 0.15) is 5.82 Å². The Morgan fingerprint density at radius 3 is 3.05 bits per heavy atom. The van der Waals surface area contributed by atoms with Gasteiger partial charge in [0.25, 0.3) is 0 Å². The van der Waals surface area contributed by atoms with Gasteiger partial charge in [0.15, 0.2) is 0 Å². The Balaban J connectivity index is 1.50. The summed E-state index contributed by atoms with van der Waals surface area (Å²) >= 11 is 0. The lowest BCUT2D eigenvalue weighted by atomic mass is 9.94. The number of anilines is 2. The third kappa shape index (κ3) is 2.90. The average molecular weight is 303 g/mol. The number of piperidine rings is 1. The van der Waals surface area contributed by atoms with Crippen LogP contribution in [0.4, 0.5) is 11.8 Å². The van der Waals surface area contributed by atoms with Crippen molar-refractivity contribution in [1.82, 2.24) is 15.3 Å². The number of nitrogens with zero attached hydrogens (tertiary/aromatic N) is 3. The first-order valence-electron chi connectivity index (χ1n) is 8.51. The maximum Gasteiger partial charge on any atom is 0.222 e. The van der Waals surface area contributed by atoms with Gasteiger partial charge in [0.05, 0.1) is 11.8 Å². The van der Waals surface area contributed by atoms with Crippen LogP contribution in [0.2, 0.25) is 0 Å². The molecule has 120 valence electrons. The normalized spacial score (nSPS) is 31.5. The second-order valence-corrected chi connectivity index (χ2v) is 6.78. The van der Waals surface area contributed by atoms with Gasteiger partial charge in [-0.1, -0.05) is 0 Å². The van der Waals surface area contributed by atoms with Crippen molar-refractivity contribution in [1.29, 1.82) is 0 Å². The van der Waals surface area contributed by atoms with Crippen molar-refractivity contribution in [2.45, 2.75) is 44.2 Å². The van der Waals surface area contributed by atoms with E-state index in [4.69, 9.17) is 10.5 Å². The Hall–Kier alpha value is -1.40. The number of aromatic nitrogens is 2. The van der Waals surface area contributed by atoms with Gasteiger partial charge in [-0.3, -0.25) is 0 Å². The zero-order valence-electron chi connectivity index (χ0n) is 13.0. The molecular weight excluding hydrogens is 278 g/mol. The highest BCUT2D eigenvalue weighted by Gasteiger charge is 2.35. The molecule has 6 heteroatoms. The molecule has 22 heavy (non-hydrogen) atoms. The number of nitrogens with one attached hydrogen (secondary N) is 1. The molecule has 1 aromatic rings. The van der Waals surface area contributed by atoms with Gasteiger partial charge in [-0.05, 0) is 38.1 Å². The van der Waals surface area contributed by atoms with Crippen LogP contribution in [0.25, 0.3) is 0 Å². The molecule has 4 heterocycles. The van der Waals surface area contributed by atoms with Gasteiger partial charge in [-0.15, -0.1) is 0 Å². The number of ether oxygens (including phenoxy) is 1. The molecule has 3 aliphatic heterocycles. The Labute approximate surface area is 131 Å². The van der Waals surface area contributed by atoms with E-state index in [-0.39, 0.29) is 0 Å². The Morgan fingerprint density at radius 1 is 1.27 bits per heavy atom. The van der Waals surface area contributed by atoms with E-state index in [1.165, 1.54) is 12.8 Å². The monoisotopic (exact) mass is 303 g/mol. The highest BCUT2D eigenvalue weighted by molar-refractivity contribution is 5.45. The lowest BCUT2D eigenvalue weighted by Crippen LogP contribution is -2.40. The first kappa shape index (κ1) is 14.2. The molecule has 1 aromatic heterocycles. The SMILES string of the molecule is Nc1nc(CC2CCCO2)cc(N2CC3CCCNC3C2)n1. The van der Waals surface area contributed by atoms with Crippen LogP contribution in [0.5, 0.6) is 0 Å². The number of rotatable bonds is 3. The second kappa shape index (κ2) is 6.01. The standard InChI is InChI=1S/C16H25N5O/c17-16-19-12(7-13-4-2-6-22-13)8-15(20-16)21-9-11-3-1-5-18-14(11)10-21/h8,11,13-14,18H,1-7,9-10H2,(H2,17,19,20). The van der Waals surface area contributed by atoms with E-state index in [0.717, 1.165) is 62.9 Å². The Bertz CT molecular complexity index is 517. The number of hydrogen-bond donors (Lipinski definition) is 2. The number of hydrogen-bond acceptors (Lipinski definition) is 6. The van der Waals surface area contributed by atoms with Gasteiger partial charge >= 0.3 is 0 Å². The molecule has 0 spiro atoms. The van der Waals surface area contributed by atoms with Crippen LogP contribution in [0.1, 0.15) is 31.4 Å². The fourth-order valence-corrected chi connectivity index (χ4v) is 4.04. The van der Waals surface area contributed by atoms with Crippen LogP contribution in [-0.4, -0.2) is 48.4 Å². The van der Waals surface area contributed by atoms with Crippen molar-refractivity contribution in [3.63, 3.8) is 0 Å². The van der Waals surface area contributed by atoms with E-state index in [1.54, 1.807) is 0 Å². The maximum atomic E-state index is 5.94. The maximum absolute atomic E-state index is 5.94.